The lowest BCUT2D eigenvalue weighted by Gasteiger charge is -2.10. The Kier molecular flexibility index (Phi) is 4.32. The zero-order chi connectivity index (χ0) is 16.2. The van der Waals surface area contributed by atoms with Gasteiger partial charge in [-0.15, -0.1) is 0 Å². The average molecular weight is 315 g/mol. The SMILES string of the molecule is Cc1ccc2ncnc(NCCOc3ccc(F)cc3F)c2c1. The molecule has 1 heterocycles. The van der Waals surface area contributed by atoms with Crippen LogP contribution < -0.4 is 10.1 Å². The first-order chi connectivity index (χ1) is 11.1. The number of halogens is 2. The van der Waals surface area contributed by atoms with Gasteiger partial charge in [0.05, 0.1) is 12.1 Å². The molecule has 1 N–H and O–H groups in total. The number of hydrogen-bond acceptors (Lipinski definition) is 4. The third-order valence-electron chi connectivity index (χ3n) is 3.34. The van der Waals surface area contributed by atoms with Crippen molar-refractivity contribution >= 4 is 16.7 Å². The van der Waals surface area contributed by atoms with Gasteiger partial charge in [-0.3, -0.25) is 0 Å². The molecule has 3 rings (SSSR count). The molecule has 0 fully saturated rings. The lowest BCUT2D eigenvalue weighted by atomic mass is 10.1. The molecule has 0 unspecified atom stereocenters. The average Bonchev–Trinajstić information content (AvgIpc) is 2.53. The topological polar surface area (TPSA) is 47.0 Å². The van der Waals surface area contributed by atoms with E-state index in [1.54, 1.807) is 0 Å². The molecule has 1 aromatic heterocycles. The Morgan fingerprint density at radius 1 is 1.09 bits per heavy atom. The van der Waals surface area contributed by atoms with E-state index in [-0.39, 0.29) is 12.4 Å². The number of benzene rings is 2. The number of nitrogens with one attached hydrogen (secondary N) is 1. The van der Waals surface area contributed by atoms with Crippen LogP contribution in [0.4, 0.5) is 14.6 Å². The molecule has 3 aromatic rings. The van der Waals surface area contributed by atoms with Crippen LogP contribution in [0, 0.1) is 18.6 Å². The monoisotopic (exact) mass is 315 g/mol. The molecule has 23 heavy (non-hydrogen) atoms. The van der Waals surface area contributed by atoms with Gasteiger partial charge in [-0.25, -0.2) is 18.7 Å². The van der Waals surface area contributed by atoms with E-state index in [4.69, 9.17) is 4.74 Å². The standard InChI is InChI=1S/C17H15F2N3O/c1-11-2-4-15-13(8-11)17(22-10-21-15)20-6-7-23-16-5-3-12(18)9-14(16)19/h2-5,8-10H,6-7H2,1H3,(H,20,21,22). The van der Waals surface area contributed by atoms with Crippen molar-refractivity contribution in [2.45, 2.75) is 6.92 Å². The van der Waals surface area contributed by atoms with Crippen molar-refractivity contribution in [3.05, 3.63) is 59.9 Å². The van der Waals surface area contributed by atoms with E-state index in [0.29, 0.717) is 12.4 Å². The molecule has 0 saturated heterocycles. The highest BCUT2D eigenvalue weighted by Crippen LogP contribution is 2.20. The summed E-state index contributed by atoms with van der Waals surface area (Å²) >= 11 is 0. The summed E-state index contributed by atoms with van der Waals surface area (Å²) in [6, 6.07) is 9.14. The summed E-state index contributed by atoms with van der Waals surface area (Å²) in [4.78, 5) is 8.43. The van der Waals surface area contributed by atoms with Gasteiger partial charge in [0.15, 0.2) is 11.6 Å². The first kappa shape index (κ1) is 15.1. The number of ether oxygens (including phenoxy) is 1. The van der Waals surface area contributed by atoms with Gasteiger partial charge >= 0.3 is 0 Å². The van der Waals surface area contributed by atoms with Gasteiger partial charge < -0.3 is 10.1 Å². The molecule has 0 atom stereocenters. The van der Waals surface area contributed by atoms with Crippen molar-refractivity contribution in [1.29, 1.82) is 0 Å². The smallest absolute Gasteiger partial charge is 0.167 e. The van der Waals surface area contributed by atoms with E-state index in [0.717, 1.165) is 28.6 Å². The maximum Gasteiger partial charge on any atom is 0.167 e. The van der Waals surface area contributed by atoms with Crippen LogP contribution in [-0.4, -0.2) is 23.1 Å². The lowest BCUT2D eigenvalue weighted by molar-refractivity contribution is 0.314. The first-order valence-corrected chi connectivity index (χ1v) is 7.16. The number of fused-ring (bicyclic) bond motifs is 1. The predicted octanol–water partition coefficient (Wildman–Crippen LogP) is 3.71. The molecule has 118 valence electrons. The predicted molar refractivity (Wildman–Crippen MR) is 84.6 cm³/mol. The van der Waals surface area contributed by atoms with Crippen molar-refractivity contribution in [2.75, 3.05) is 18.5 Å². The number of aromatic nitrogens is 2. The fourth-order valence-electron chi connectivity index (χ4n) is 2.23. The molecule has 0 saturated carbocycles. The van der Waals surface area contributed by atoms with Gasteiger partial charge in [-0.05, 0) is 31.2 Å². The van der Waals surface area contributed by atoms with Gasteiger partial charge in [0.25, 0.3) is 0 Å². The Morgan fingerprint density at radius 2 is 1.96 bits per heavy atom. The molecule has 0 radical (unpaired) electrons. The van der Waals surface area contributed by atoms with Crippen LogP contribution in [0.3, 0.4) is 0 Å². The van der Waals surface area contributed by atoms with Crippen LogP contribution in [0.2, 0.25) is 0 Å². The number of anilines is 1. The molecular formula is C17H15F2N3O. The number of rotatable bonds is 5. The summed E-state index contributed by atoms with van der Waals surface area (Å²) in [6.45, 7) is 2.65. The summed E-state index contributed by atoms with van der Waals surface area (Å²) in [7, 11) is 0. The molecule has 4 nitrogen and oxygen atoms in total. The summed E-state index contributed by atoms with van der Waals surface area (Å²) in [5, 5.41) is 4.06. The second-order valence-electron chi connectivity index (χ2n) is 5.09. The van der Waals surface area contributed by atoms with Gasteiger partial charge in [-0.2, -0.15) is 0 Å². The maximum absolute atomic E-state index is 13.4. The summed E-state index contributed by atoms with van der Waals surface area (Å²) in [5.41, 5.74) is 1.96. The Labute approximate surface area is 132 Å². The highest BCUT2D eigenvalue weighted by molar-refractivity contribution is 5.89. The molecule has 2 aromatic carbocycles. The van der Waals surface area contributed by atoms with Crippen LogP contribution in [0.25, 0.3) is 10.9 Å². The van der Waals surface area contributed by atoms with Crippen molar-refractivity contribution < 1.29 is 13.5 Å². The van der Waals surface area contributed by atoms with Crippen LogP contribution in [0.1, 0.15) is 5.56 Å². The van der Waals surface area contributed by atoms with E-state index < -0.39 is 11.6 Å². The Morgan fingerprint density at radius 3 is 2.78 bits per heavy atom. The summed E-state index contributed by atoms with van der Waals surface area (Å²) in [5.74, 6) is -0.623. The van der Waals surface area contributed by atoms with E-state index in [2.05, 4.69) is 15.3 Å². The normalized spacial score (nSPS) is 10.7. The number of hydrogen-bond donors (Lipinski definition) is 1. The largest absolute Gasteiger partial charge is 0.489 e. The molecule has 0 aliphatic heterocycles. The molecule has 0 spiro atoms. The fraction of sp³-hybridized carbons (Fsp3) is 0.176. The van der Waals surface area contributed by atoms with Crippen molar-refractivity contribution in [1.82, 2.24) is 9.97 Å². The van der Waals surface area contributed by atoms with Gasteiger partial charge in [0.1, 0.15) is 24.6 Å². The zero-order valence-electron chi connectivity index (χ0n) is 12.5. The first-order valence-electron chi connectivity index (χ1n) is 7.16. The van der Waals surface area contributed by atoms with E-state index in [1.165, 1.54) is 12.4 Å². The number of aryl methyl sites for hydroxylation is 1. The van der Waals surface area contributed by atoms with E-state index >= 15 is 0 Å². The fourth-order valence-corrected chi connectivity index (χ4v) is 2.23. The molecular weight excluding hydrogens is 300 g/mol. The van der Waals surface area contributed by atoms with Crippen LogP contribution >= 0.6 is 0 Å². The minimum Gasteiger partial charge on any atom is -0.489 e. The summed E-state index contributed by atoms with van der Waals surface area (Å²) in [6.07, 6.45) is 1.49. The highest BCUT2D eigenvalue weighted by atomic mass is 19.1. The highest BCUT2D eigenvalue weighted by Gasteiger charge is 2.06. The third kappa shape index (κ3) is 3.53. The Bertz CT molecular complexity index is 839. The molecule has 0 bridgehead atoms. The minimum absolute atomic E-state index is 0.0246. The minimum atomic E-state index is -0.715. The second-order valence-corrected chi connectivity index (χ2v) is 5.09. The molecule has 0 aliphatic rings. The van der Waals surface area contributed by atoms with Gasteiger partial charge in [-0.1, -0.05) is 11.6 Å². The van der Waals surface area contributed by atoms with Gasteiger partial charge in [0.2, 0.25) is 0 Å². The molecule has 0 amide bonds. The molecule has 0 aliphatic carbocycles. The second kappa shape index (κ2) is 6.56. The van der Waals surface area contributed by atoms with Crippen LogP contribution in [0.5, 0.6) is 5.75 Å². The van der Waals surface area contributed by atoms with Crippen LogP contribution in [-0.2, 0) is 0 Å². The molecule has 6 heteroatoms. The Balaban J connectivity index is 1.64. The third-order valence-corrected chi connectivity index (χ3v) is 3.34. The van der Waals surface area contributed by atoms with Crippen molar-refractivity contribution in [3.63, 3.8) is 0 Å². The van der Waals surface area contributed by atoms with E-state index in [1.807, 2.05) is 25.1 Å². The van der Waals surface area contributed by atoms with Crippen molar-refractivity contribution in [2.24, 2.45) is 0 Å². The Hall–Kier alpha value is -2.76. The van der Waals surface area contributed by atoms with E-state index in [9.17, 15) is 8.78 Å². The van der Waals surface area contributed by atoms with Crippen molar-refractivity contribution in [3.8, 4) is 5.75 Å². The van der Waals surface area contributed by atoms with Crippen LogP contribution in [0.15, 0.2) is 42.7 Å². The lowest BCUT2D eigenvalue weighted by Crippen LogP contribution is -2.13. The quantitative estimate of drug-likeness (QED) is 0.729. The maximum atomic E-state index is 13.4. The zero-order valence-corrected chi connectivity index (χ0v) is 12.5. The number of nitrogens with zero attached hydrogens (tertiary/aromatic N) is 2. The van der Waals surface area contributed by atoms with Gasteiger partial charge in [0, 0.05) is 11.5 Å². The summed E-state index contributed by atoms with van der Waals surface area (Å²) < 4.78 is 31.6.